The molecule has 2 aromatic carbocycles. The number of rotatable bonds is 3. The van der Waals surface area contributed by atoms with Crippen LogP contribution in [0.15, 0.2) is 54.9 Å². The molecule has 27 heavy (non-hydrogen) atoms. The van der Waals surface area contributed by atoms with Gasteiger partial charge in [0.15, 0.2) is 5.82 Å². The monoisotopic (exact) mass is 357 g/mol. The quantitative estimate of drug-likeness (QED) is 0.455. The van der Waals surface area contributed by atoms with E-state index in [1.54, 1.807) is 19.4 Å². The number of H-pyrrole nitrogens is 2. The molecular formula is C20H15N5O2. The van der Waals surface area contributed by atoms with Gasteiger partial charge in [-0.15, -0.1) is 0 Å². The van der Waals surface area contributed by atoms with E-state index in [4.69, 9.17) is 4.74 Å². The van der Waals surface area contributed by atoms with Gasteiger partial charge in [0.05, 0.1) is 29.2 Å². The van der Waals surface area contributed by atoms with Gasteiger partial charge in [-0.05, 0) is 42.0 Å². The molecule has 0 saturated heterocycles. The van der Waals surface area contributed by atoms with Crippen LogP contribution in [0.2, 0.25) is 0 Å². The van der Waals surface area contributed by atoms with Crippen molar-refractivity contribution in [2.24, 2.45) is 0 Å². The maximum atomic E-state index is 10.4. The van der Waals surface area contributed by atoms with Crippen molar-refractivity contribution in [3.8, 4) is 34.1 Å². The van der Waals surface area contributed by atoms with Crippen LogP contribution in [0.4, 0.5) is 0 Å². The number of benzene rings is 2. The molecule has 0 unspecified atom stereocenters. The number of nitrogens with one attached hydrogen (secondary N) is 2. The van der Waals surface area contributed by atoms with E-state index in [0.29, 0.717) is 17.3 Å². The highest BCUT2D eigenvalue weighted by Crippen LogP contribution is 2.36. The number of hydrogen-bond donors (Lipinski definition) is 3. The number of fused-ring (bicyclic) bond motifs is 2. The minimum atomic E-state index is 0.121. The van der Waals surface area contributed by atoms with Gasteiger partial charge < -0.3 is 20.0 Å². The smallest absolute Gasteiger partial charge is 0.221 e. The SMILES string of the molecule is COc1ncccc1-c1ccc(O)c(-c2nc3cc4c[nH][nH]c4cc3n2)c1. The van der Waals surface area contributed by atoms with Crippen LogP contribution >= 0.6 is 0 Å². The molecule has 3 aromatic heterocycles. The molecule has 0 spiro atoms. The molecule has 0 saturated carbocycles. The van der Waals surface area contributed by atoms with Gasteiger partial charge in [0, 0.05) is 23.3 Å². The van der Waals surface area contributed by atoms with Crippen LogP contribution in [0.3, 0.4) is 0 Å². The van der Waals surface area contributed by atoms with Crippen LogP contribution in [0.5, 0.6) is 11.6 Å². The van der Waals surface area contributed by atoms with Crippen LogP contribution in [0.1, 0.15) is 0 Å². The molecule has 3 heterocycles. The third-order valence-corrected chi connectivity index (χ3v) is 4.55. The number of nitrogens with zero attached hydrogens (tertiary/aromatic N) is 3. The maximum absolute atomic E-state index is 10.4. The number of aromatic amines is 2. The maximum Gasteiger partial charge on any atom is 0.221 e. The number of phenols is 1. The molecule has 3 N–H and O–H groups in total. The molecule has 5 aromatic rings. The summed E-state index contributed by atoms with van der Waals surface area (Å²) < 4.78 is 5.35. The Kier molecular flexibility index (Phi) is 3.33. The summed E-state index contributed by atoms with van der Waals surface area (Å²) in [6.07, 6.45) is 3.55. The minimum absolute atomic E-state index is 0.121. The van der Waals surface area contributed by atoms with Crippen molar-refractivity contribution in [1.82, 2.24) is 25.1 Å². The first-order chi connectivity index (χ1) is 13.2. The summed E-state index contributed by atoms with van der Waals surface area (Å²) in [6.45, 7) is 0. The summed E-state index contributed by atoms with van der Waals surface area (Å²) in [5.41, 5.74) is 4.74. The third kappa shape index (κ3) is 2.48. The molecular weight excluding hydrogens is 342 g/mol. The average Bonchev–Trinajstić information content (AvgIpc) is 3.32. The van der Waals surface area contributed by atoms with Gasteiger partial charge in [-0.1, -0.05) is 6.07 Å². The summed E-state index contributed by atoms with van der Waals surface area (Å²) in [6, 6.07) is 13.0. The van der Waals surface area contributed by atoms with E-state index in [1.807, 2.05) is 42.6 Å². The second-order valence-corrected chi connectivity index (χ2v) is 6.18. The zero-order chi connectivity index (χ0) is 18.4. The van der Waals surface area contributed by atoms with Crippen LogP contribution < -0.4 is 4.74 Å². The highest BCUT2D eigenvalue weighted by atomic mass is 16.5. The fourth-order valence-electron chi connectivity index (χ4n) is 3.22. The Labute approximate surface area is 153 Å². The van der Waals surface area contributed by atoms with Crippen molar-refractivity contribution in [2.45, 2.75) is 0 Å². The second-order valence-electron chi connectivity index (χ2n) is 6.18. The zero-order valence-electron chi connectivity index (χ0n) is 14.4. The fraction of sp³-hybridized carbons (Fsp3) is 0.0500. The normalized spacial score (nSPS) is 11.3. The Hall–Kier alpha value is -3.87. The highest BCUT2D eigenvalue weighted by Gasteiger charge is 2.15. The molecule has 0 aliphatic heterocycles. The van der Waals surface area contributed by atoms with E-state index in [9.17, 15) is 5.11 Å². The number of imidazole rings is 1. The van der Waals surface area contributed by atoms with E-state index >= 15 is 0 Å². The average molecular weight is 357 g/mol. The molecule has 0 atom stereocenters. The molecule has 0 aliphatic carbocycles. The predicted octanol–water partition coefficient (Wildman–Crippen LogP) is 3.88. The van der Waals surface area contributed by atoms with Crippen molar-refractivity contribution in [3.05, 3.63) is 54.9 Å². The van der Waals surface area contributed by atoms with Gasteiger partial charge in [0.25, 0.3) is 0 Å². The van der Waals surface area contributed by atoms with Crippen LogP contribution in [-0.2, 0) is 0 Å². The number of aromatic hydroxyl groups is 1. The Bertz CT molecular complexity index is 1240. The van der Waals surface area contributed by atoms with E-state index < -0.39 is 0 Å². The molecule has 7 heteroatoms. The molecule has 0 radical (unpaired) electrons. The summed E-state index contributed by atoms with van der Waals surface area (Å²) >= 11 is 0. The summed E-state index contributed by atoms with van der Waals surface area (Å²) in [7, 11) is 1.58. The summed E-state index contributed by atoms with van der Waals surface area (Å²) in [5, 5.41) is 17.4. The van der Waals surface area contributed by atoms with E-state index in [0.717, 1.165) is 33.1 Å². The largest absolute Gasteiger partial charge is 0.507 e. The number of phenolic OH excluding ortho intramolecular Hbond substituents is 1. The lowest BCUT2D eigenvalue weighted by Crippen LogP contribution is -1.91. The van der Waals surface area contributed by atoms with Crippen LogP contribution in [0, 0.1) is 0 Å². The molecule has 0 aliphatic rings. The van der Waals surface area contributed by atoms with E-state index in [-0.39, 0.29) is 5.75 Å². The lowest BCUT2D eigenvalue weighted by atomic mass is 10.0. The number of aromatic nitrogens is 5. The van der Waals surface area contributed by atoms with Crippen LogP contribution in [-0.4, -0.2) is 37.4 Å². The van der Waals surface area contributed by atoms with E-state index in [2.05, 4.69) is 25.1 Å². The van der Waals surface area contributed by atoms with Gasteiger partial charge in [-0.3, -0.25) is 0 Å². The van der Waals surface area contributed by atoms with E-state index in [1.165, 1.54) is 0 Å². The first-order valence-corrected chi connectivity index (χ1v) is 8.39. The highest BCUT2D eigenvalue weighted by molar-refractivity contribution is 5.94. The number of methoxy groups -OCH3 is 1. The Morgan fingerprint density at radius 3 is 2.70 bits per heavy atom. The zero-order valence-corrected chi connectivity index (χ0v) is 14.4. The van der Waals surface area contributed by atoms with Gasteiger partial charge in [-0.2, -0.15) is 0 Å². The molecule has 5 rings (SSSR count). The van der Waals surface area contributed by atoms with Crippen molar-refractivity contribution in [2.75, 3.05) is 7.11 Å². The summed E-state index contributed by atoms with van der Waals surface area (Å²) in [4.78, 5) is 13.4. The Balaban J connectivity index is 1.67. The molecule has 0 fully saturated rings. The van der Waals surface area contributed by atoms with Gasteiger partial charge in [0.2, 0.25) is 5.88 Å². The lowest BCUT2D eigenvalue weighted by molar-refractivity contribution is 0.399. The molecule has 0 bridgehead atoms. The first kappa shape index (κ1) is 15.4. The molecule has 7 nitrogen and oxygen atoms in total. The topological polar surface area (TPSA) is 99.7 Å². The van der Waals surface area contributed by atoms with Gasteiger partial charge >= 0.3 is 0 Å². The van der Waals surface area contributed by atoms with Crippen molar-refractivity contribution < 1.29 is 9.84 Å². The number of ether oxygens (including phenoxy) is 1. The standard InChI is InChI=1S/C20H15N5O2/c1-27-20-13(3-2-6-21-20)11-4-5-18(26)14(7-11)19-23-16-8-12-10-22-25-15(12)9-17(16)24-19/h2-10,22,25-26H,1H3. The van der Waals surface area contributed by atoms with Crippen molar-refractivity contribution in [3.63, 3.8) is 0 Å². The van der Waals surface area contributed by atoms with Crippen LogP contribution in [0.25, 0.3) is 44.5 Å². The van der Waals surface area contributed by atoms with Gasteiger partial charge in [-0.25, -0.2) is 15.0 Å². The number of pyridine rings is 1. The third-order valence-electron chi connectivity index (χ3n) is 4.55. The van der Waals surface area contributed by atoms with Crippen molar-refractivity contribution >= 4 is 21.9 Å². The predicted molar refractivity (Wildman–Crippen MR) is 103 cm³/mol. The minimum Gasteiger partial charge on any atom is -0.507 e. The second kappa shape index (κ2) is 5.84. The Morgan fingerprint density at radius 2 is 1.85 bits per heavy atom. The number of hydrogen-bond acceptors (Lipinski definition) is 5. The van der Waals surface area contributed by atoms with Gasteiger partial charge in [0.1, 0.15) is 5.75 Å². The van der Waals surface area contributed by atoms with Crippen molar-refractivity contribution in [1.29, 1.82) is 0 Å². The summed E-state index contributed by atoms with van der Waals surface area (Å²) in [5.74, 6) is 1.12. The molecule has 132 valence electrons. The Morgan fingerprint density at radius 1 is 1.00 bits per heavy atom. The fourth-order valence-corrected chi connectivity index (χ4v) is 3.22. The molecule has 0 amide bonds. The first-order valence-electron chi connectivity index (χ1n) is 8.39. The lowest BCUT2D eigenvalue weighted by Gasteiger charge is -2.09.